The first kappa shape index (κ1) is 14.1. The van der Waals surface area contributed by atoms with Crippen LogP contribution in [-0.2, 0) is 13.2 Å². The van der Waals surface area contributed by atoms with E-state index in [1.807, 2.05) is 30.3 Å². The zero-order chi connectivity index (χ0) is 14.4. The van der Waals surface area contributed by atoms with E-state index < -0.39 is 0 Å². The van der Waals surface area contributed by atoms with Crippen molar-refractivity contribution in [2.24, 2.45) is 5.73 Å². The molecule has 2 rings (SSSR count). The Morgan fingerprint density at radius 3 is 2.65 bits per heavy atom. The van der Waals surface area contributed by atoms with E-state index in [1.165, 1.54) is 0 Å². The van der Waals surface area contributed by atoms with Gasteiger partial charge in [-0.3, -0.25) is 0 Å². The second-order valence-corrected chi connectivity index (χ2v) is 4.15. The van der Waals surface area contributed by atoms with Crippen LogP contribution in [-0.4, -0.2) is 19.2 Å². The maximum atomic E-state index is 5.77. The number of aromatic nitrogens is 1. The summed E-state index contributed by atoms with van der Waals surface area (Å²) in [4.78, 5) is 4.13. The molecule has 0 atom stereocenters. The maximum absolute atomic E-state index is 5.77. The molecule has 0 fully saturated rings. The van der Waals surface area contributed by atoms with E-state index in [0.717, 1.165) is 11.1 Å². The highest BCUT2D eigenvalue weighted by molar-refractivity contribution is 5.43. The highest BCUT2D eigenvalue weighted by Gasteiger charge is 2.08. The van der Waals surface area contributed by atoms with Gasteiger partial charge in [0.25, 0.3) is 0 Å². The monoisotopic (exact) mass is 274 g/mol. The van der Waals surface area contributed by atoms with Crippen molar-refractivity contribution >= 4 is 0 Å². The molecule has 0 spiro atoms. The van der Waals surface area contributed by atoms with Gasteiger partial charge < -0.3 is 19.9 Å². The van der Waals surface area contributed by atoms with Crippen LogP contribution in [0.1, 0.15) is 11.1 Å². The van der Waals surface area contributed by atoms with E-state index in [1.54, 1.807) is 20.4 Å². The van der Waals surface area contributed by atoms with Crippen molar-refractivity contribution in [3.05, 3.63) is 47.7 Å². The molecule has 0 aliphatic rings. The van der Waals surface area contributed by atoms with Gasteiger partial charge in [-0.1, -0.05) is 6.07 Å². The number of rotatable bonds is 6. The van der Waals surface area contributed by atoms with Crippen LogP contribution in [0.25, 0.3) is 0 Å². The van der Waals surface area contributed by atoms with Crippen LogP contribution in [0.4, 0.5) is 0 Å². The molecule has 1 aromatic heterocycles. The van der Waals surface area contributed by atoms with Crippen LogP contribution in [0.5, 0.6) is 17.4 Å². The molecule has 5 heteroatoms. The number of nitrogens with zero attached hydrogens (tertiary/aromatic N) is 1. The summed E-state index contributed by atoms with van der Waals surface area (Å²) in [6.45, 7) is 0.822. The van der Waals surface area contributed by atoms with Gasteiger partial charge >= 0.3 is 0 Å². The first-order valence-electron chi connectivity index (χ1n) is 6.26. The van der Waals surface area contributed by atoms with Gasteiger partial charge in [-0.15, -0.1) is 0 Å². The van der Waals surface area contributed by atoms with E-state index in [-0.39, 0.29) is 0 Å². The fraction of sp³-hybridized carbons (Fsp3) is 0.267. The predicted molar refractivity (Wildman–Crippen MR) is 76.0 cm³/mol. The summed E-state index contributed by atoms with van der Waals surface area (Å²) >= 11 is 0. The zero-order valence-electron chi connectivity index (χ0n) is 11.6. The van der Waals surface area contributed by atoms with Crippen molar-refractivity contribution in [2.75, 3.05) is 14.2 Å². The fourth-order valence-corrected chi connectivity index (χ4v) is 1.83. The van der Waals surface area contributed by atoms with Crippen molar-refractivity contribution < 1.29 is 14.2 Å². The number of ether oxygens (including phenoxy) is 3. The second-order valence-electron chi connectivity index (χ2n) is 4.15. The van der Waals surface area contributed by atoms with Crippen LogP contribution >= 0.6 is 0 Å². The van der Waals surface area contributed by atoms with E-state index in [9.17, 15) is 0 Å². The highest BCUT2D eigenvalue weighted by Crippen LogP contribution is 2.29. The van der Waals surface area contributed by atoms with Gasteiger partial charge in [0.2, 0.25) is 5.88 Å². The Bertz CT molecular complexity index is 573. The molecule has 2 aromatic rings. The number of nitrogens with two attached hydrogens (primary N) is 1. The molecule has 106 valence electrons. The largest absolute Gasteiger partial charge is 0.493 e. The van der Waals surface area contributed by atoms with E-state index in [2.05, 4.69) is 4.98 Å². The molecule has 0 aliphatic heterocycles. The summed E-state index contributed by atoms with van der Waals surface area (Å²) in [6.07, 6.45) is 1.68. The lowest BCUT2D eigenvalue weighted by molar-refractivity contribution is 0.276. The lowest BCUT2D eigenvalue weighted by Crippen LogP contribution is -2.02. The lowest BCUT2D eigenvalue weighted by Gasteiger charge is -2.13. The van der Waals surface area contributed by atoms with Crippen LogP contribution in [0.15, 0.2) is 36.5 Å². The summed E-state index contributed by atoms with van der Waals surface area (Å²) in [5.41, 5.74) is 7.47. The lowest BCUT2D eigenvalue weighted by atomic mass is 10.2. The number of benzene rings is 1. The Labute approximate surface area is 118 Å². The Hall–Kier alpha value is -2.27. The first-order valence-corrected chi connectivity index (χ1v) is 6.26. The van der Waals surface area contributed by atoms with E-state index in [0.29, 0.717) is 30.5 Å². The summed E-state index contributed by atoms with van der Waals surface area (Å²) in [5.74, 6) is 1.89. The standard InChI is InChI=1S/C15H18N2O3/c1-18-14-8-11(9-16)5-6-13(14)20-10-12-4-3-7-17-15(12)19-2/h3-8H,9-10,16H2,1-2H3. The normalized spacial score (nSPS) is 10.2. The molecule has 1 aromatic carbocycles. The molecule has 0 radical (unpaired) electrons. The number of hydrogen-bond acceptors (Lipinski definition) is 5. The molecule has 0 saturated heterocycles. The quantitative estimate of drug-likeness (QED) is 0.874. The summed E-state index contributed by atoms with van der Waals surface area (Å²) in [7, 11) is 3.19. The molecule has 0 aliphatic carbocycles. The zero-order valence-corrected chi connectivity index (χ0v) is 11.6. The topological polar surface area (TPSA) is 66.6 Å². The Morgan fingerprint density at radius 1 is 1.10 bits per heavy atom. The minimum Gasteiger partial charge on any atom is -0.493 e. The molecule has 0 bridgehead atoms. The molecular weight excluding hydrogens is 256 g/mol. The third-order valence-corrected chi connectivity index (χ3v) is 2.89. The van der Waals surface area contributed by atoms with Gasteiger partial charge in [0.1, 0.15) is 6.61 Å². The Morgan fingerprint density at radius 2 is 1.95 bits per heavy atom. The Kier molecular flexibility index (Phi) is 4.79. The molecule has 0 amide bonds. The average Bonchev–Trinajstić information content (AvgIpc) is 2.52. The summed E-state index contributed by atoms with van der Waals surface area (Å²) in [5, 5.41) is 0. The van der Waals surface area contributed by atoms with Gasteiger partial charge in [0, 0.05) is 12.7 Å². The number of methoxy groups -OCH3 is 2. The van der Waals surface area contributed by atoms with E-state index in [4.69, 9.17) is 19.9 Å². The molecule has 20 heavy (non-hydrogen) atoms. The fourth-order valence-electron chi connectivity index (χ4n) is 1.83. The molecule has 1 heterocycles. The van der Waals surface area contributed by atoms with Crippen LogP contribution in [0.2, 0.25) is 0 Å². The third kappa shape index (κ3) is 3.19. The van der Waals surface area contributed by atoms with Gasteiger partial charge in [0.05, 0.1) is 19.8 Å². The Balaban J connectivity index is 2.14. The predicted octanol–water partition coefficient (Wildman–Crippen LogP) is 2.14. The van der Waals surface area contributed by atoms with Crippen molar-refractivity contribution in [1.29, 1.82) is 0 Å². The first-order chi connectivity index (χ1) is 9.78. The molecule has 5 nitrogen and oxygen atoms in total. The van der Waals surface area contributed by atoms with Crippen LogP contribution < -0.4 is 19.9 Å². The summed E-state index contributed by atoms with van der Waals surface area (Å²) in [6, 6.07) is 9.39. The maximum Gasteiger partial charge on any atom is 0.219 e. The minimum atomic E-state index is 0.356. The molecule has 2 N–H and O–H groups in total. The van der Waals surface area contributed by atoms with Crippen molar-refractivity contribution in [3.63, 3.8) is 0 Å². The molecule has 0 unspecified atom stereocenters. The second kappa shape index (κ2) is 6.77. The van der Waals surface area contributed by atoms with E-state index >= 15 is 0 Å². The van der Waals surface area contributed by atoms with Gasteiger partial charge in [0.15, 0.2) is 11.5 Å². The molecular formula is C15H18N2O3. The van der Waals surface area contributed by atoms with Crippen LogP contribution in [0, 0.1) is 0 Å². The average molecular weight is 274 g/mol. The van der Waals surface area contributed by atoms with Gasteiger partial charge in [-0.25, -0.2) is 4.98 Å². The minimum absolute atomic E-state index is 0.356. The highest BCUT2D eigenvalue weighted by atomic mass is 16.5. The van der Waals surface area contributed by atoms with Gasteiger partial charge in [-0.05, 0) is 29.8 Å². The number of pyridine rings is 1. The van der Waals surface area contributed by atoms with Gasteiger partial charge in [-0.2, -0.15) is 0 Å². The number of hydrogen-bond donors (Lipinski definition) is 1. The summed E-state index contributed by atoms with van der Waals surface area (Å²) < 4.78 is 16.3. The van der Waals surface area contributed by atoms with Crippen molar-refractivity contribution in [3.8, 4) is 17.4 Å². The smallest absolute Gasteiger partial charge is 0.219 e. The third-order valence-electron chi connectivity index (χ3n) is 2.89. The SMILES string of the molecule is COc1cc(CN)ccc1OCc1cccnc1OC. The molecule has 0 saturated carbocycles. The van der Waals surface area contributed by atoms with Crippen LogP contribution in [0.3, 0.4) is 0 Å². The van der Waals surface area contributed by atoms with Crippen molar-refractivity contribution in [1.82, 2.24) is 4.98 Å². The van der Waals surface area contributed by atoms with Crippen molar-refractivity contribution in [2.45, 2.75) is 13.2 Å².